The largest absolute Gasteiger partial charge is 0.368 e. The normalized spacial score (nSPS) is 23.5. The summed E-state index contributed by atoms with van der Waals surface area (Å²) in [6.07, 6.45) is 2.55. The number of amides is 3. The first kappa shape index (κ1) is 26.6. The third-order valence-corrected chi connectivity index (χ3v) is 8.70. The number of hydrogen-bond donors (Lipinski definition) is 2. The van der Waals surface area contributed by atoms with E-state index in [0.717, 1.165) is 45.6 Å². The first-order chi connectivity index (χ1) is 17.0. The van der Waals surface area contributed by atoms with Gasteiger partial charge in [0, 0.05) is 57.6 Å². The Labute approximate surface area is 215 Å². The molecule has 8 nitrogen and oxygen atoms in total. The van der Waals surface area contributed by atoms with Crippen molar-refractivity contribution in [2.75, 3.05) is 39.3 Å². The van der Waals surface area contributed by atoms with E-state index in [-0.39, 0.29) is 41.4 Å². The summed E-state index contributed by atoms with van der Waals surface area (Å²) in [5, 5.41) is 0. The Balaban J connectivity index is 1.42. The first-order valence-electron chi connectivity index (χ1n) is 13.4. The molecule has 8 heteroatoms. The summed E-state index contributed by atoms with van der Waals surface area (Å²) >= 11 is 0. The fraction of sp³-hybridized carbons (Fsp3) is 0.679. The number of carbonyl (C=O) groups excluding carboxylic acids is 3. The van der Waals surface area contributed by atoms with Crippen LogP contribution in [0.15, 0.2) is 30.3 Å². The summed E-state index contributed by atoms with van der Waals surface area (Å²) in [7, 11) is 0. The number of primary amides is 1. The molecule has 198 valence electrons. The van der Waals surface area contributed by atoms with Gasteiger partial charge in [0.15, 0.2) is 0 Å². The van der Waals surface area contributed by atoms with Gasteiger partial charge in [-0.3, -0.25) is 19.3 Å². The number of nitrogens with zero attached hydrogens (tertiary/aromatic N) is 3. The molecule has 3 heterocycles. The summed E-state index contributed by atoms with van der Waals surface area (Å²) in [4.78, 5) is 44.1. The van der Waals surface area contributed by atoms with Gasteiger partial charge in [0.05, 0.1) is 12.0 Å². The molecule has 1 aromatic rings. The van der Waals surface area contributed by atoms with Crippen LogP contribution in [0.2, 0.25) is 0 Å². The second-order valence-electron chi connectivity index (χ2n) is 12.3. The molecule has 0 aliphatic carbocycles. The maximum absolute atomic E-state index is 13.9. The number of piperidine rings is 1. The average Bonchev–Trinajstić information content (AvgIpc) is 3.20. The van der Waals surface area contributed by atoms with Crippen molar-refractivity contribution in [3.05, 3.63) is 35.9 Å². The predicted molar refractivity (Wildman–Crippen MR) is 139 cm³/mol. The number of rotatable bonds is 7. The maximum Gasteiger partial charge on any atom is 0.234 e. The standard InChI is InChI=1S/C28H43N5O3/c1-27(2,3)21-11-13-32(14-12-21)26(36)22-16-31(15-20-7-5-4-6-8-20)17-28(22)18-33(19-28)24(34)10-9-23(29)25(30)35/h4-8,21-23H,9-19,29H2,1-3H3,(H2,30,35)/t22?,23-/m1/s1. The van der Waals surface area contributed by atoms with E-state index in [9.17, 15) is 14.4 Å². The zero-order chi connectivity index (χ0) is 26.1. The van der Waals surface area contributed by atoms with Gasteiger partial charge < -0.3 is 21.3 Å². The fourth-order valence-electron chi connectivity index (χ4n) is 6.35. The van der Waals surface area contributed by atoms with Crippen molar-refractivity contribution >= 4 is 17.7 Å². The Bertz CT molecular complexity index is 946. The van der Waals surface area contributed by atoms with Gasteiger partial charge in [-0.15, -0.1) is 0 Å². The number of carbonyl (C=O) groups is 3. The molecule has 1 spiro atoms. The highest BCUT2D eigenvalue weighted by atomic mass is 16.2. The van der Waals surface area contributed by atoms with E-state index in [1.165, 1.54) is 5.56 Å². The van der Waals surface area contributed by atoms with Crippen molar-refractivity contribution in [1.29, 1.82) is 0 Å². The number of likely N-dealkylation sites (tertiary alicyclic amines) is 3. The van der Waals surface area contributed by atoms with Gasteiger partial charge in [0.1, 0.15) is 0 Å². The lowest BCUT2D eigenvalue weighted by Gasteiger charge is -2.51. The van der Waals surface area contributed by atoms with Crippen molar-refractivity contribution in [3.63, 3.8) is 0 Å². The Morgan fingerprint density at radius 3 is 2.25 bits per heavy atom. The zero-order valence-electron chi connectivity index (χ0n) is 22.1. The summed E-state index contributed by atoms with van der Waals surface area (Å²) in [5.41, 5.74) is 12.2. The van der Waals surface area contributed by atoms with E-state index < -0.39 is 11.9 Å². The molecule has 0 saturated carbocycles. The minimum atomic E-state index is -0.803. The molecule has 3 aliphatic heterocycles. The molecule has 0 bridgehead atoms. The summed E-state index contributed by atoms with van der Waals surface area (Å²) in [5.74, 6) is 0.175. The van der Waals surface area contributed by atoms with E-state index in [0.29, 0.717) is 19.0 Å². The van der Waals surface area contributed by atoms with Gasteiger partial charge in [-0.2, -0.15) is 0 Å². The van der Waals surface area contributed by atoms with Crippen molar-refractivity contribution in [2.45, 2.75) is 59.0 Å². The number of nitrogens with two attached hydrogens (primary N) is 2. The Kier molecular flexibility index (Phi) is 7.76. The summed E-state index contributed by atoms with van der Waals surface area (Å²) < 4.78 is 0. The average molecular weight is 498 g/mol. The van der Waals surface area contributed by atoms with Gasteiger partial charge in [0.2, 0.25) is 17.7 Å². The molecule has 3 amide bonds. The monoisotopic (exact) mass is 497 g/mol. The lowest BCUT2D eigenvalue weighted by Crippen LogP contribution is -2.64. The van der Waals surface area contributed by atoms with Crippen LogP contribution in [0.25, 0.3) is 0 Å². The van der Waals surface area contributed by atoms with E-state index in [2.05, 4.69) is 42.7 Å². The topological polar surface area (TPSA) is 113 Å². The number of benzene rings is 1. The van der Waals surface area contributed by atoms with Crippen LogP contribution >= 0.6 is 0 Å². The molecule has 0 radical (unpaired) electrons. The molecule has 2 atom stereocenters. The van der Waals surface area contributed by atoms with Gasteiger partial charge in [-0.05, 0) is 36.2 Å². The molecule has 3 saturated heterocycles. The molecule has 1 unspecified atom stereocenters. The third kappa shape index (κ3) is 5.75. The van der Waals surface area contributed by atoms with Crippen LogP contribution in [0, 0.1) is 22.7 Å². The van der Waals surface area contributed by atoms with Crippen LogP contribution in [0.1, 0.15) is 52.0 Å². The van der Waals surface area contributed by atoms with Crippen molar-refractivity contribution in [1.82, 2.24) is 14.7 Å². The van der Waals surface area contributed by atoms with Crippen molar-refractivity contribution in [3.8, 4) is 0 Å². The third-order valence-electron chi connectivity index (χ3n) is 8.70. The quantitative estimate of drug-likeness (QED) is 0.597. The lowest BCUT2D eigenvalue weighted by molar-refractivity contribution is -0.154. The van der Waals surface area contributed by atoms with Crippen LogP contribution in [0.3, 0.4) is 0 Å². The molecule has 36 heavy (non-hydrogen) atoms. The van der Waals surface area contributed by atoms with Gasteiger partial charge in [0.25, 0.3) is 0 Å². The molecule has 3 fully saturated rings. The molecule has 4 rings (SSSR count). The zero-order valence-corrected chi connectivity index (χ0v) is 22.1. The van der Waals surface area contributed by atoms with Crippen LogP contribution in [0.4, 0.5) is 0 Å². The van der Waals surface area contributed by atoms with Crippen molar-refractivity contribution < 1.29 is 14.4 Å². The highest BCUT2D eigenvalue weighted by molar-refractivity contribution is 5.83. The molecular formula is C28H43N5O3. The minimum Gasteiger partial charge on any atom is -0.368 e. The summed E-state index contributed by atoms with van der Waals surface area (Å²) in [6.45, 7) is 12.0. The van der Waals surface area contributed by atoms with Gasteiger partial charge >= 0.3 is 0 Å². The Hall–Kier alpha value is -2.45. The molecule has 0 aromatic heterocycles. The highest BCUT2D eigenvalue weighted by Gasteiger charge is 2.58. The van der Waals surface area contributed by atoms with Crippen LogP contribution in [0.5, 0.6) is 0 Å². The fourth-order valence-corrected chi connectivity index (χ4v) is 6.35. The van der Waals surface area contributed by atoms with Crippen molar-refractivity contribution in [2.24, 2.45) is 34.1 Å². The van der Waals surface area contributed by atoms with Crippen LogP contribution in [-0.2, 0) is 20.9 Å². The van der Waals surface area contributed by atoms with E-state index in [1.54, 1.807) is 0 Å². The second-order valence-corrected chi connectivity index (χ2v) is 12.3. The van der Waals surface area contributed by atoms with E-state index in [4.69, 9.17) is 11.5 Å². The predicted octanol–water partition coefficient (Wildman–Crippen LogP) is 1.82. The lowest BCUT2D eigenvalue weighted by atomic mass is 9.70. The van der Waals surface area contributed by atoms with Crippen LogP contribution < -0.4 is 11.5 Å². The SMILES string of the molecule is CC(C)(C)C1CCN(C(=O)C2CN(Cc3ccccc3)CC23CN(C(=O)CC[C@@H](N)C(N)=O)C3)CC1. The highest BCUT2D eigenvalue weighted by Crippen LogP contribution is 2.46. The second kappa shape index (κ2) is 10.5. The van der Waals surface area contributed by atoms with E-state index in [1.807, 2.05) is 23.1 Å². The maximum atomic E-state index is 13.9. The molecule has 3 aliphatic rings. The molecule has 1 aromatic carbocycles. The smallest absolute Gasteiger partial charge is 0.234 e. The van der Waals surface area contributed by atoms with Gasteiger partial charge in [-0.1, -0.05) is 51.1 Å². The Morgan fingerprint density at radius 1 is 1.03 bits per heavy atom. The molecule has 4 N–H and O–H groups in total. The summed E-state index contributed by atoms with van der Waals surface area (Å²) in [6, 6.07) is 9.55. The first-order valence-corrected chi connectivity index (χ1v) is 13.4. The molecular weight excluding hydrogens is 454 g/mol. The van der Waals surface area contributed by atoms with E-state index >= 15 is 0 Å². The van der Waals surface area contributed by atoms with Crippen LogP contribution in [-0.4, -0.2) is 77.7 Å². The minimum absolute atomic E-state index is 0.0176. The van der Waals surface area contributed by atoms with Gasteiger partial charge in [-0.25, -0.2) is 0 Å². The Morgan fingerprint density at radius 2 is 1.67 bits per heavy atom. The number of hydrogen-bond acceptors (Lipinski definition) is 5.